The topological polar surface area (TPSA) is 94.3 Å². The number of nitrogens with one attached hydrogen (secondary N) is 1. The van der Waals surface area contributed by atoms with Crippen molar-refractivity contribution in [2.24, 2.45) is 0 Å². The fourth-order valence-electron chi connectivity index (χ4n) is 2.06. The molecule has 0 radical (unpaired) electrons. The molecule has 0 fully saturated rings. The number of esters is 1. The Hall–Kier alpha value is -2.31. The zero-order valence-electron chi connectivity index (χ0n) is 12.8. The molecule has 8 heteroatoms. The molecule has 0 aliphatic heterocycles. The summed E-state index contributed by atoms with van der Waals surface area (Å²) in [5.41, 5.74) is 7.84. The van der Waals surface area contributed by atoms with Gasteiger partial charge in [0.05, 0.1) is 22.7 Å². The van der Waals surface area contributed by atoms with Crippen LogP contribution < -0.4 is 11.1 Å². The third-order valence-electron chi connectivity index (χ3n) is 3.31. The van der Waals surface area contributed by atoms with Gasteiger partial charge in [-0.05, 0) is 24.1 Å². The van der Waals surface area contributed by atoms with Crippen LogP contribution >= 0.6 is 23.2 Å². The first-order chi connectivity index (χ1) is 11.4. The van der Waals surface area contributed by atoms with E-state index < -0.39 is 5.91 Å². The first-order valence-electron chi connectivity index (χ1n) is 6.98. The van der Waals surface area contributed by atoms with E-state index in [1.165, 1.54) is 19.5 Å². The molecule has 1 aromatic carbocycles. The van der Waals surface area contributed by atoms with Gasteiger partial charge in [0.1, 0.15) is 0 Å². The summed E-state index contributed by atoms with van der Waals surface area (Å²) >= 11 is 11.9. The number of nitrogens with two attached hydrogens (primary N) is 1. The number of hydrogen-bond donors (Lipinski definition) is 2. The SMILES string of the molecule is COC(=O)CCc1ccc(NC(=O)c2c(Cl)cncc2Cl)cc1N. The molecule has 2 rings (SSSR count). The highest BCUT2D eigenvalue weighted by molar-refractivity contribution is 6.40. The minimum Gasteiger partial charge on any atom is -0.469 e. The van der Waals surface area contributed by atoms with Crippen LogP contribution in [0.2, 0.25) is 10.0 Å². The summed E-state index contributed by atoms with van der Waals surface area (Å²) in [6.07, 6.45) is 3.36. The maximum atomic E-state index is 12.3. The molecule has 24 heavy (non-hydrogen) atoms. The summed E-state index contributed by atoms with van der Waals surface area (Å²) in [7, 11) is 1.33. The third-order valence-corrected chi connectivity index (χ3v) is 3.88. The number of aromatic nitrogens is 1. The predicted octanol–water partition coefficient (Wildman–Crippen LogP) is 3.33. The highest BCUT2D eigenvalue weighted by atomic mass is 35.5. The van der Waals surface area contributed by atoms with Crippen molar-refractivity contribution in [2.75, 3.05) is 18.2 Å². The summed E-state index contributed by atoms with van der Waals surface area (Å²) < 4.78 is 4.59. The number of carbonyl (C=O) groups is 2. The lowest BCUT2D eigenvalue weighted by Crippen LogP contribution is -2.14. The fraction of sp³-hybridized carbons (Fsp3) is 0.188. The summed E-state index contributed by atoms with van der Waals surface area (Å²) in [6.45, 7) is 0. The molecular weight excluding hydrogens is 353 g/mol. The van der Waals surface area contributed by atoms with E-state index in [0.29, 0.717) is 17.8 Å². The van der Waals surface area contributed by atoms with E-state index in [1.54, 1.807) is 18.2 Å². The Morgan fingerprint density at radius 3 is 2.50 bits per heavy atom. The number of pyridine rings is 1. The van der Waals surface area contributed by atoms with Crippen molar-refractivity contribution in [3.63, 3.8) is 0 Å². The zero-order valence-corrected chi connectivity index (χ0v) is 14.3. The molecule has 0 unspecified atom stereocenters. The summed E-state index contributed by atoms with van der Waals surface area (Å²) in [4.78, 5) is 27.3. The second kappa shape index (κ2) is 7.99. The number of aryl methyl sites for hydroxylation is 1. The van der Waals surface area contributed by atoms with Crippen LogP contribution in [0.1, 0.15) is 22.3 Å². The Labute approximate surface area is 148 Å². The minimum absolute atomic E-state index is 0.140. The Morgan fingerprint density at radius 2 is 1.92 bits per heavy atom. The van der Waals surface area contributed by atoms with Gasteiger partial charge in [0.15, 0.2) is 0 Å². The second-order valence-corrected chi connectivity index (χ2v) is 5.74. The standard InChI is InChI=1S/C16H15Cl2N3O3/c1-24-14(22)5-3-9-2-4-10(6-13(9)19)21-16(23)15-11(17)7-20-8-12(15)18/h2,4,6-8H,3,5,19H2,1H3,(H,21,23). The lowest BCUT2D eigenvalue weighted by molar-refractivity contribution is -0.140. The van der Waals surface area contributed by atoms with Crippen LogP contribution in [0.5, 0.6) is 0 Å². The van der Waals surface area contributed by atoms with Gasteiger partial charge < -0.3 is 15.8 Å². The monoisotopic (exact) mass is 367 g/mol. The number of hydrogen-bond acceptors (Lipinski definition) is 5. The number of nitrogen functional groups attached to an aromatic ring is 1. The summed E-state index contributed by atoms with van der Waals surface area (Å²) in [5.74, 6) is -0.775. The molecule has 3 N–H and O–H groups in total. The first kappa shape index (κ1) is 18.0. The van der Waals surface area contributed by atoms with Crippen molar-refractivity contribution in [2.45, 2.75) is 12.8 Å². The number of rotatable bonds is 5. The van der Waals surface area contributed by atoms with Crippen LogP contribution in [0.3, 0.4) is 0 Å². The van der Waals surface area contributed by atoms with E-state index in [2.05, 4.69) is 15.0 Å². The lowest BCUT2D eigenvalue weighted by atomic mass is 10.1. The number of benzene rings is 1. The number of carbonyl (C=O) groups excluding carboxylic acids is 2. The second-order valence-electron chi connectivity index (χ2n) is 4.92. The van der Waals surface area contributed by atoms with Crippen molar-refractivity contribution in [1.29, 1.82) is 0 Å². The Morgan fingerprint density at radius 1 is 1.25 bits per heavy atom. The molecule has 1 heterocycles. The van der Waals surface area contributed by atoms with Crippen molar-refractivity contribution >= 4 is 46.5 Å². The predicted molar refractivity (Wildman–Crippen MR) is 93.4 cm³/mol. The van der Waals surface area contributed by atoms with Gasteiger partial charge in [-0.1, -0.05) is 29.3 Å². The molecular formula is C16H15Cl2N3O3. The molecule has 0 aliphatic carbocycles. The zero-order chi connectivity index (χ0) is 17.7. The van der Waals surface area contributed by atoms with Gasteiger partial charge in [-0.2, -0.15) is 0 Å². The molecule has 0 bridgehead atoms. The molecule has 126 valence electrons. The van der Waals surface area contributed by atoms with Gasteiger partial charge in [-0.15, -0.1) is 0 Å². The van der Waals surface area contributed by atoms with Crippen molar-refractivity contribution in [3.05, 3.63) is 51.8 Å². The first-order valence-corrected chi connectivity index (χ1v) is 7.73. The van der Waals surface area contributed by atoms with Crippen LogP contribution in [-0.4, -0.2) is 24.0 Å². The number of halogens is 2. The lowest BCUT2D eigenvalue weighted by Gasteiger charge is -2.11. The fourth-order valence-corrected chi connectivity index (χ4v) is 2.60. The van der Waals surface area contributed by atoms with Gasteiger partial charge in [0.25, 0.3) is 5.91 Å². The number of methoxy groups -OCH3 is 1. The minimum atomic E-state index is -0.464. The summed E-state index contributed by atoms with van der Waals surface area (Å²) in [5, 5.41) is 2.99. The molecule has 0 aliphatic rings. The van der Waals surface area contributed by atoms with E-state index in [0.717, 1.165) is 5.56 Å². The number of amides is 1. The van der Waals surface area contributed by atoms with Gasteiger partial charge in [-0.3, -0.25) is 14.6 Å². The van der Waals surface area contributed by atoms with Crippen LogP contribution in [0.25, 0.3) is 0 Å². The quantitative estimate of drug-likeness (QED) is 0.624. The van der Waals surface area contributed by atoms with E-state index in [1.807, 2.05) is 0 Å². The van der Waals surface area contributed by atoms with Crippen molar-refractivity contribution in [3.8, 4) is 0 Å². The Balaban J connectivity index is 2.12. The molecule has 2 aromatic rings. The number of anilines is 2. The van der Waals surface area contributed by atoms with Gasteiger partial charge in [0.2, 0.25) is 0 Å². The average Bonchev–Trinajstić information content (AvgIpc) is 2.53. The molecule has 0 saturated heterocycles. The smallest absolute Gasteiger partial charge is 0.305 e. The maximum Gasteiger partial charge on any atom is 0.305 e. The van der Waals surface area contributed by atoms with Crippen LogP contribution in [0.15, 0.2) is 30.6 Å². The van der Waals surface area contributed by atoms with Gasteiger partial charge in [0, 0.05) is 30.2 Å². The third kappa shape index (κ3) is 4.37. The van der Waals surface area contributed by atoms with E-state index >= 15 is 0 Å². The van der Waals surface area contributed by atoms with Crippen LogP contribution in [0.4, 0.5) is 11.4 Å². The molecule has 1 amide bonds. The van der Waals surface area contributed by atoms with E-state index in [-0.39, 0.29) is 28.0 Å². The average molecular weight is 368 g/mol. The molecule has 0 atom stereocenters. The largest absolute Gasteiger partial charge is 0.469 e. The molecule has 6 nitrogen and oxygen atoms in total. The highest BCUT2D eigenvalue weighted by Crippen LogP contribution is 2.25. The maximum absolute atomic E-state index is 12.3. The number of nitrogens with zero attached hydrogens (tertiary/aromatic N) is 1. The van der Waals surface area contributed by atoms with Gasteiger partial charge in [-0.25, -0.2) is 0 Å². The van der Waals surface area contributed by atoms with Crippen molar-refractivity contribution in [1.82, 2.24) is 4.98 Å². The molecule has 0 saturated carbocycles. The van der Waals surface area contributed by atoms with E-state index in [9.17, 15) is 9.59 Å². The summed E-state index contributed by atoms with van der Waals surface area (Å²) in [6, 6.07) is 5.03. The van der Waals surface area contributed by atoms with Crippen LogP contribution in [-0.2, 0) is 16.0 Å². The van der Waals surface area contributed by atoms with Gasteiger partial charge >= 0.3 is 5.97 Å². The van der Waals surface area contributed by atoms with Crippen molar-refractivity contribution < 1.29 is 14.3 Å². The van der Waals surface area contributed by atoms with Crippen LogP contribution in [0, 0.1) is 0 Å². The normalized spacial score (nSPS) is 10.3. The molecule has 0 spiro atoms. The Bertz CT molecular complexity index is 761. The molecule has 1 aromatic heterocycles. The Kier molecular flexibility index (Phi) is 6.00. The highest BCUT2D eigenvalue weighted by Gasteiger charge is 2.15. The van der Waals surface area contributed by atoms with E-state index in [4.69, 9.17) is 28.9 Å². The number of ether oxygens (including phenoxy) is 1.